The van der Waals surface area contributed by atoms with Crippen LogP contribution in [0.25, 0.3) is 10.8 Å². The molecule has 0 aliphatic carbocycles. The SMILES string of the molecule is COc1ccc(S(=O)(=O)Nc2ccc(Cl)cc2C#Cc2cnc(C(=O)O)c3ccccc23)c(C)c1C. The summed E-state index contributed by atoms with van der Waals surface area (Å²) in [4.78, 5) is 15.7. The van der Waals surface area contributed by atoms with E-state index in [1.165, 1.54) is 19.4 Å². The Morgan fingerprint density at radius 3 is 2.39 bits per heavy atom. The van der Waals surface area contributed by atoms with Crippen LogP contribution in [0.5, 0.6) is 5.75 Å². The number of nitrogens with one attached hydrogen (secondary N) is 1. The molecule has 4 rings (SSSR count). The molecular weight excluding hydrogens is 500 g/mol. The zero-order chi connectivity index (χ0) is 26.0. The molecule has 0 atom stereocenters. The van der Waals surface area contributed by atoms with Crippen molar-refractivity contribution in [3.63, 3.8) is 0 Å². The smallest absolute Gasteiger partial charge is 0.355 e. The number of pyridine rings is 1. The molecule has 1 heterocycles. The maximum atomic E-state index is 13.3. The van der Waals surface area contributed by atoms with E-state index in [1.54, 1.807) is 62.4 Å². The van der Waals surface area contributed by atoms with Gasteiger partial charge in [0.25, 0.3) is 10.0 Å². The third kappa shape index (κ3) is 4.85. The molecule has 3 aromatic carbocycles. The van der Waals surface area contributed by atoms with Gasteiger partial charge >= 0.3 is 5.97 Å². The highest BCUT2D eigenvalue weighted by Crippen LogP contribution is 2.29. The Balaban J connectivity index is 1.77. The van der Waals surface area contributed by atoms with Crippen molar-refractivity contribution in [2.24, 2.45) is 0 Å². The number of rotatable bonds is 5. The second-order valence-corrected chi connectivity index (χ2v) is 10.0. The Morgan fingerprint density at radius 1 is 1.00 bits per heavy atom. The van der Waals surface area contributed by atoms with Crippen molar-refractivity contribution in [1.29, 1.82) is 0 Å². The lowest BCUT2D eigenvalue weighted by Gasteiger charge is -2.15. The van der Waals surface area contributed by atoms with E-state index in [0.717, 1.165) is 5.56 Å². The maximum Gasteiger partial charge on any atom is 0.355 e. The lowest BCUT2D eigenvalue weighted by Crippen LogP contribution is -2.15. The molecule has 0 amide bonds. The number of aromatic nitrogens is 1. The lowest BCUT2D eigenvalue weighted by molar-refractivity contribution is 0.0693. The largest absolute Gasteiger partial charge is 0.496 e. The van der Waals surface area contributed by atoms with E-state index in [-0.39, 0.29) is 16.3 Å². The predicted octanol–water partition coefficient (Wildman–Crippen LogP) is 5.41. The number of carboxylic acid groups (broad SMARTS) is 1. The molecular formula is C27H21ClN2O5S. The summed E-state index contributed by atoms with van der Waals surface area (Å²) in [6.07, 6.45) is 1.39. The number of carbonyl (C=O) groups is 1. The first-order valence-electron chi connectivity index (χ1n) is 10.7. The van der Waals surface area contributed by atoms with Crippen LogP contribution < -0.4 is 9.46 Å². The summed E-state index contributed by atoms with van der Waals surface area (Å²) in [6, 6.07) is 14.7. The Kier molecular flexibility index (Phi) is 6.88. The molecule has 7 nitrogen and oxygen atoms in total. The van der Waals surface area contributed by atoms with Gasteiger partial charge in [-0.2, -0.15) is 0 Å². The van der Waals surface area contributed by atoms with Gasteiger partial charge in [-0.3, -0.25) is 4.72 Å². The van der Waals surface area contributed by atoms with E-state index in [0.29, 0.717) is 38.2 Å². The van der Waals surface area contributed by atoms with Gasteiger partial charge in [0.2, 0.25) is 0 Å². The fourth-order valence-corrected chi connectivity index (χ4v) is 5.34. The summed E-state index contributed by atoms with van der Waals surface area (Å²) in [6.45, 7) is 3.51. The van der Waals surface area contributed by atoms with Gasteiger partial charge in [-0.15, -0.1) is 0 Å². The second-order valence-electron chi connectivity index (χ2n) is 7.93. The number of aromatic carboxylic acids is 1. The lowest BCUT2D eigenvalue weighted by atomic mass is 10.0. The number of sulfonamides is 1. The summed E-state index contributed by atoms with van der Waals surface area (Å²) >= 11 is 6.18. The Morgan fingerprint density at radius 2 is 1.69 bits per heavy atom. The molecule has 36 heavy (non-hydrogen) atoms. The predicted molar refractivity (Wildman–Crippen MR) is 139 cm³/mol. The highest BCUT2D eigenvalue weighted by Gasteiger charge is 2.21. The quantitative estimate of drug-likeness (QED) is 0.341. The van der Waals surface area contributed by atoms with E-state index in [1.807, 2.05) is 0 Å². The molecule has 1 aromatic heterocycles. The zero-order valence-electron chi connectivity index (χ0n) is 19.6. The number of halogens is 1. The first-order valence-corrected chi connectivity index (χ1v) is 12.6. The van der Waals surface area contributed by atoms with Crippen LogP contribution in [0.15, 0.2) is 65.7 Å². The summed E-state index contributed by atoms with van der Waals surface area (Å²) in [5.74, 6) is 5.40. The molecule has 0 aliphatic rings. The van der Waals surface area contributed by atoms with Crippen molar-refractivity contribution in [2.75, 3.05) is 11.8 Å². The molecule has 9 heteroatoms. The number of benzene rings is 3. The third-order valence-electron chi connectivity index (χ3n) is 5.75. The molecule has 0 saturated carbocycles. The number of methoxy groups -OCH3 is 1. The Bertz CT molecular complexity index is 1690. The highest BCUT2D eigenvalue weighted by molar-refractivity contribution is 7.92. The molecule has 0 unspecified atom stereocenters. The topological polar surface area (TPSA) is 106 Å². The van der Waals surface area contributed by atoms with Crippen molar-refractivity contribution in [2.45, 2.75) is 18.7 Å². The number of nitrogens with zero attached hydrogens (tertiary/aromatic N) is 1. The van der Waals surface area contributed by atoms with Crippen LogP contribution in [0, 0.1) is 25.7 Å². The van der Waals surface area contributed by atoms with Crippen LogP contribution in [0.3, 0.4) is 0 Å². The van der Waals surface area contributed by atoms with Crippen molar-refractivity contribution in [1.82, 2.24) is 4.98 Å². The van der Waals surface area contributed by atoms with Gasteiger partial charge in [0, 0.05) is 22.0 Å². The normalized spacial score (nSPS) is 11.0. The van der Waals surface area contributed by atoms with Crippen LogP contribution >= 0.6 is 11.6 Å². The average Bonchev–Trinajstić information content (AvgIpc) is 2.85. The van der Waals surface area contributed by atoms with Gasteiger partial charge in [0.15, 0.2) is 5.69 Å². The van der Waals surface area contributed by atoms with Crippen LogP contribution in [-0.2, 0) is 10.0 Å². The summed E-state index contributed by atoms with van der Waals surface area (Å²) in [7, 11) is -2.43. The van der Waals surface area contributed by atoms with E-state index in [2.05, 4.69) is 21.5 Å². The van der Waals surface area contributed by atoms with Crippen LogP contribution in [0.2, 0.25) is 5.02 Å². The number of anilines is 1. The van der Waals surface area contributed by atoms with Gasteiger partial charge in [-0.05, 0) is 55.3 Å². The molecule has 182 valence electrons. The van der Waals surface area contributed by atoms with Crippen molar-refractivity contribution < 1.29 is 23.1 Å². The molecule has 0 bridgehead atoms. The summed E-state index contributed by atoms with van der Waals surface area (Å²) < 4.78 is 34.4. The van der Waals surface area contributed by atoms with Gasteiger partial charge < -0.3 is 9.84 Å². The first kappa shape index (κ1) is 25.0. The summed E-state index contributed by atoms with van der Waals surface area (Å²) in [5, 5.41) is 10.9. The molecule has 0 aliphatic heterocycles. The molecule has 0 fully saturated rings. The number of carboxylic acids is 1. The van der Waals surface area contributed by atoms with E-state index in [9.17, 15) is 18.3 Å². The molecule has 0 spiro atoms. The van der Waals surface area contributed by atoms with Crippen molar-refractivity contribution in [3.8, 4) is 17.6 Å². The Labute approximate surface area is 213 Å². The zero-order valence-corrected chi connectivity index (χ0v) is 21.2. The minimum Gasteiger partial charge on any atom is -0.496 e. The van der Waals surface area contributed by atoms with Gasteiger partial charge in [-0.25, -0.2) is 18.2 Å². The molecule has 4 aromatic rings. The first-order chi connectivity index (χ1) is 17.1. The fraction of sp³-hybridized carbons (Fsp3) is 0.111. The van der Waals surface area contributed by atoms with Crippen LogP contribution in [-0.4, -0.2) is 31.6 Å². The van der Waals surface area contributed by atoms with Gasteiger partial charge in [-0.1, -0.05) is 47.7 Å². The van der Waals surface area contributed by atoms with E-state index >= 15 is 0 Å². The monoisotopic (exact) mass is 520 g/mol. The minimum atomic E-state index is -3.95. The highest BCUT2D eigenvalue weighted by atomic mass is 35.5. The molecule has 0 radical (unpaired) electrons. The van der Waals surface area contributed by atoms with Crippen molar-refractivity contribution in [3.05, 3.63) is 93.8 Å². The number of hydrogen-bond donors (Lipinski definition) is 2. The molecule has 2 N–H and O–H groups in total. The minimum absolute atomic E-state index is 0.0718. The maximum absolute atomic E-state index is 13.3. The second kappa shape index (κ2) is 9.90. The number of hydrogen-bond acceptors (Lipinski definition) is 5. The van der Waals surface area contributed by atoms with E-state index in [4.69, 9.17) is 16.3 Å². The standard InChI is InChI=1S/C27H21ClN2O5S/c1-16-17(2)25(13-12-24(16)35-3)36(33,34)30-23-11-10-20(28)14-18(23)8-9-19-15-29-26(27(31)32)22-7-5-4-6-21(19)22/h4-7,10-15,30H,1-3H3,(H,31,32). The van der Waals surface area contributed by atoms with Gasteiger partial charge in [0.05, 0.1) is 28.8 Å². The van der Waals surface area contributed by atoms with Crippen molar-refractivity contribution >= 4 is 44.1 Å². The number of fused-ring (bicyclic) bond motifs is 1. The average molecular weight is 521 g/mol. The third-order valence-corrected chi connectivity index (χ3v) is 7.50. The Hall–Kier alpha value is -4.06. The fourth-order valence-electron chi connectivity index (χ4n) is 3.79. The summed E-state index contributed by atoms with van der Waals surface area (Å²) in [5.41, 5.74) is 2.31. The van der Waals surface area contributed by atoms with E-state index < -0.39 is 16.0 Å². The van der Waals surface area contributed by atoms with Crippen LogP contribution in [0.1, 0.15) is 32.7 Å². The van der Waals surface area contributed by atoms with Crippen LogP contribution in [0.4, 0.5) is 5.69 Å². The molecule has 0 saturated heterocycles. The number of ether oxygens (including phenoxy) is 1. The van der Waals surface area contributed by atoms with Gasteiger partial charge in [0.1, 0.15) is 5.75 Å².